The molecule has 178 valence electrons. The summed E-state index contributed by atoms with van der Waals surface area (Å²) in [6.07, 6.45) is 11.0. The van der Waals surface area contributed by atoms with Crippen LogP contribution >= 0.6 is 0 Å². The number of hydrogen-bond acceptors (Lipinski definition) is 5. The molecule has 1 amide bonds. The second-order valence-electron chi connectivity index (χ2n) is 9.26. The highest BCUT2D eigenvalue weighted by Crippen LogP contribution is 2.39. The van der Waals surface area contributed by atoms with Crippen molar-refractivity contribution in [3.05, 3.63) is 72.6 Å². The van der Waals surface area contributed by atoms with Crippen molar-refractivity contribution in [1.29, 1.82) is 0 Å². The van der Waals surface area contributed by atoms with E-state index >= 15 is 0 Å². The number of amides is 1. The van der Waals surface area contributed by atoms with Gasteiger partial charge in [-0.15, -0.1) is 0 Å². The number of rotatable bonds is 6. The number of nitrogens with zero attached hydrogens (tertiary/aromatic N) is 6. The molecular formula is C27H28N6O2. The number of benzene rings is 1. The number of anilines is 1. The predicted molar refractivity (Wildman–Crippen MR) is 133 cm³/mol. The Morgan fingerprint density at radius 3 is 2.89 bits per heavy atom. The summed E-state index contributed by atoms with van der Waals surface area (Å²) < 4.78 is 10.1. The molecule has 6 rings (SSSR count). The van der Waals surface area contributed by atoms with Crippen molar-refractivity contribution in [2.24, 2.45) is 0 Å². The Kier molecular flexibility index (Phi) is 5.36. The second-order valence-corrected chi connectivity index (χ2v) is 9.26. The van der Waals surface area contributed by atoms with Crippen LogP contribution in [-0.2, 0) is 0 Å². The van der Waals surface area contributed by atoms with Gasteiger partial charge in [0.05, 0.1) is 24.1 Å². The van der Waals surface area contributed by atoms with Gasteiger partial charge < -0.3 is 13.9 Å². The van der Waals surface area contributed by atoms with E-state index in [1.54, 1.807) is 11.1 Å². The Balaban J connectivity index is 1.33. The number of ether oxygens (including phenoxy) is 1. The first-order valence-corrected chi connectivity index (χ1v) is 12.3. The van der Waals surface area contributed by atoms with Crippen molar-refractivity contribution in [2.45, 2.75) is 45.1 Å². The summed E-state index contributed by atoms with van der Waals surface area (Å²) in [6.45, 7) is 5.11. The number of fused-ring (bicyclic) bond motifs is 1. The lowest BCUT2D eigenvalue weighted by Crippen LogP contribution is -2.33. The van der Waals surface area contributed by atoms with Gasteiger partial charge >= 0.3 is 0 Å². The van der Waals surface area contributed by atoms with Crippen molar-refractivity contribution in [1.82, 2.24) is 24.1 Å². The molecule has 4 heterocycles. The Morgan fingerprint density at radius 2 is 2.06 bits per heavy atom. The zero-order valence-electron chi connectivity index (χ0n) is 20.0. The molecule has 3 aromatic heterocycles. The highest BCUT2D eigenvalue weighted by Gasteiger charge is 2.28. The van der Waals surface area contributed by atoms with Crippen LogP contribution in [0.2, 0.25) is 0 Å². The summed E-state index contributed by atoms with van der Waals surface area (Å²) in [7, 11) is 0. The van der Waals surface area contributed by atoms with Gasteiger partial charge in [-0.1, -0.05) is 13.0 Å². The molecule has 1 fully saturated rings. The van der Waals surface area contributed by atoms with Gasteiger partial charge in [0.1, 0.15) is 23.9 Å². The van der Waals surface area contributed by atoms with Gasteiger partial charge in [0.25, 0.3) is 5.91 Å². The lowest BCUT2D eigenvalue weighted by molar-refractivity contribution is 0.0989. The molecule has 4 aromatic rings. The Hall–Kier alpha value is -3.94. The molecule has 8 nitrogen and oxygen atoms in total. The van der Waals surface area contributed by atoms with Crippen LogP contribution in [0.4, 0.5) is 5.82 Å². The van der Waals surface area contributed by atoms with Gasteiger partial charge in [0, 0.05) is 36.2 Å². The van der Waals surface area contributed by atoms with E-state index in [4.69, 9.17) is 9.72 Å². The fraction of sp³-hybridized carbons (Fsp3) is 0.333. The first-order valence-electron chi connectivity index (χ1n) is 12.3. The van der Waals surface area contributed by atoms with Crippen molar-refractivity contribution < 1.29 is 9.53 Å². The molecule has 0 bridgehead atoms. The number of pyridine rings is 1. The smallest absolute Gasteiger partial charge is 0.263 e. The summed E-state index contributed by atoms with van der Waals surface area (Å²) in [4.78, 5) is 29.3. The molecule has 8 heteroatoms. The van der Waals surface area contributed by atoms with E-state index in [1.165, 1.54) is 12.8 Å². The standard InChI is InChI=1S/C27H28N6O2/c1-3-18(2)32-12-11-28-26(32)22-5-4-6-25(30-22)33-13-14-35-24-10-9-20(15-21(24)27(33)34)31-16-23(29-17-31)19-7-8-19/h4-6,9-12,15-19H,3,7-8,13-14H2,1-2H3. The molecular weight excluding hydrogens is 440 g/mol. The van der Waals surface area contributed by atoms with E-state index in [0.717, 1.165) is 29.3 Å². The molecule has 0 N–H and O–H groups in total. The third-order valence-electron chi connectivity index (χ3n) is 6.88. The molecule has 35 heavy (non-hydrogen) atoms. The molecule has 1 unspecified atom stereocenters. The van der Waals surface area contributed by atoms with Crippen molar-refractivity contribution in [3.63, 3.8) is 0 Å². The van der Waals surface area contributed by atoms with E-state index in [9.17, 15) is 4.79 Å². The quantitative estimate of drug-likeness (QED) is 0.397. The fourth-order valence-electron chi connectivity index (χ4n) is 4.52. The maximum Gasteiger partial charge on any atom is 0.263 e. The summed E-state index contributed by atoms with van der Waals surface area (Å²) in [5.74, 6) is 2.43. The first-order chi connectivity index (χ1) is 17.1. The van der Waals surface area contributed by atoms with Gasteiger partial charge in [-0.05, 0) is 56.5 Å². The average molecular weight is 469 g/mol. The monoisotopic (exact) mass is 468 g/mol. The lowest BCUT2D eigenvalue weighted by Gasteiger charge is -2.20. The number of hydrogen-bond donors (Lipinski definition) is 0. The average Bonchev–Trinajstić information content (AvgIpc) is 3.46. The summed E-state index contributed by atoms with van der Waals surface area (Å²) in [5, 5.41) is 0. The largest absolute Gasteiger partial charge is 0.491 e. The molecule has 0 saturated heterocycles. The van der Waals surface area contributed by atoms with Crippen LogP contribution in [0.25, 0.3) is 17.2 Å². The Morgan fingerprint density at radius 1 is 1.17 bits per heavy atom. The van der Waals surface area contributed by atoms with Gasteiger partial charge in [-0.3, -0.25) is 9.69 Å². The first kappa shape index (κ1) is 21.6. The fourth-order valence-corrected chi connectivity index (χ4v) is 4.52. The van der Waals surface area contributed by atoms with Gasteiger partial charge in [0.15, 0.2) is 5.82 Å². The van der Waals surface area contributed by atoms with E-state index in [1.807, 2.05) is 53.5 Å². The van der Waals surface area contributed by atoms with Crippen LogP contribution in [0.1, 0.15) is 61.1 Å². The van der Waals surface area contributed by atoms with E-state index in [2.05, 4.69) is 34.6 Å². The van der Waals surface area contributed by atoms with Crippen LogP contribution in [0.5, 0.6) is 5.75 Å². The van der Waals surface area contributed by atoms with E-state index in [-0.39, 0.29) is 5.91 Å². The SMILES string of the molecule is CCC(C)n1ccnc1-c1cccc(N2CCOc3ccc(-n4cnc(C5CC5)c4)cc3C2=O)n1. The highest BCUT2D eigenvalue weighted by molar-refractivity contribution is 6.08. The number of carbonyl (C=O) groups is 1. The molecule has 1 saturated carbocycles. The number of carbonyl (C=O) groups excluding carboxylic acids is 1. The molecule has 1 atom stereocenters. The van der Waals surface area contributed by atoms with Gasteiger partial charge in [-0.2, -0.15) is 0 Å². The minimum absolute atomic E-state index is 0.128. The Bertz CT molecular complexity index is 1390. The predicted octanol–water partition coefficient (Wildman–Crippen LogP) is 5.02. The lowest BCUT2D eigenvalue weighted by atomic mass is 10.1. The summed E-state index contributed by atoms with van der Waals surface area (Å²) in [6, 6.07) is 11.8. The summed E-state index contributed by atoms with van der Waals surface area (Å²) in [5.41, 5.74) is 3.26. The van der Waals surface area contributed by atoms with Crippen LogP contribution < -0.4 is 9.64 Å². The van der Waals surface area contributed by atoms with E-state index < -0.39 is 0 Å². The van der Waals surface area contributed by atoms with Crippen LogP contribution in [0.15, 0.2) is 61.3 Å². The Labute approximate surface area is 204 Å². The van der Waals surface area contributed by atoms with Gasteiger partial charge in [0.2, 0.25) is 0 Å². The van der Waals surface area contributed by atoms with E-state index in [0.29, 0.717) is 42.2 Å². The van der Waals surface area contributed by atoms with Crippen molar-refractivity contribution >= 4 is 11.7 Å². The summed E-state index contributed by atoms with van der Waals surface area (Å²) >= 11 is 0. The zero-order valence-corrected chi connectivity index (χ0v) is 20.0. The zero-order chi connectivity index (χ0) is 23.9. The van der Waals surface area contributed by atoms with Crippen LogP contribution in [-0.4, -0.2) is 43.1 Å². The van der Waals surface area contributed by atoms with Crippen LogP contribution in [0, 0.1) is 0 Å². The third-order valence-corrected chi connectivity index (χ3v) is 6.88. The maximum atomic E-state index is 13.7. The topological polar surface area (TPSA) is 78.1 Å². The minimum atomic E-state index is -0.128. The third kappa shape index (κ3) is 3.99. The second kappa shape index (κ2) is 8.69. The molecule has 1 aliphatic carbocycles. The molecule has 0 spiro atoms. The molecule has 0 radical (unpaired) electrons. The molecule has 1 aromatic carbocycles. The van der Waals surface area contributed by atoms with Crippen LogP contribution in [0.3, 0.4) is 0 Å². The number of aromatic nitrogens is 5. The minimum Gasteiger partial charge on any atom is -0.491 e. The van der Waals surface area contributed by atoms with Crippen molar-refractivity contribution in [2.75, 3.05) is 18.1 Å². The molecule has 1 aliphatic heterocycles. The van der Waals surface area contributed by atoms with Gasteiger partial charge in [-0.25, -0.2) is 15.0 Å². The highest BCUT2D eigenvalue weighted by atomic mass is 16.5. The molecule has 2 aliphatic rings. The van der Waals surface area contributed by atoms with Crippen molar-refractivity contribution in [3.8, 4) is 23.0 Å². The number of imidazole rings is 2. The maximum absolute atomic E-state index is 13.7. The normalized spacial score (nSPS) is 16.5.